The van der Waals surface area contributed by atoms with Gasteiger partial charge in [-0.05, 0) is 38.0 Å². The van der Waals surface area contributed by atoms with Crippen molar-refractivity contribution in [1.29, 1.82) is 0 Å². The molecule has 0 aromatic heterocycles. The lowest BCUT2D eigenvalue weighted by atomic mass is 9.58. The summed E-state index contributed by atoms with van der Waals surface area (Å²) in [5, 5.41) is 0. The zero-order valence-corrected chi connectivity index (χ0v) is 16.1. The maximum absolute atomic E-state index is 12.5. The molecule has 5 fully saturated rings. The monoisotopic (exact) mass is 380 g/mol. The van der Waals surface area contributed by atoms with Gasteiger partial charge in [-0.25, -0.2) is 14.6 Å². The van der Waals surface area contributed by atoms with E-state index in [9.17, 15) is 4.79 Å². The molecule has 2 bridgehead atoms. The van der Waals surface area contributed by atoms with E-state index in [1.54, 1.807) is 0 Å². The summed E-state index contributed by atoms with van der Waals surface area (Å²) in [7, 11) is 0. The molecule has 5 aliphatic heterocycles. The van der Waals surface area contributed by atoms with E-state index < -0.39 is 30.1 Å². The molecule has 0 aromatic carbocycles. The number of hydrogen-bond donors (Lipinski definition) is 0. The Morgan fingerprint density at radius 1 is 1.22 bits per heavy atom. The molecule has 1 saturated carbocycles. The van der Waals surface area contributed by atoms with Crippen LogP contribution in [0.25, 0.3) is 0 Å². The molecule has 5 heterocycles. The van der Waals surface area contributed by atoms with E-state index in [4.69, 9.17) is 24.0 Å². The van der Waals surface area contributed by atoms with Crippen LogP contribution in [-0.2, 0) is 24.0 Å². The van der Waals surface area contributed by atoms with E-state index in [-0.39, 0.29) is 11.8 Å². The van der Waals surface area contributed by atoms with E-state index in [0.717, 1.165) is 25.7 Å². The van der Waals surface area contributed by atoms with Crippen molar-refractivity contribution in [1.82, 2.24) is 4.90 Å². The van der Waals surface area contributed by atoms with E-state index in [2.05, 4.69) is 18.8 Å². The molecule has 8 atom stereocenters. The molecule has 8 nitrogen and oxygen atoms in total. The molecule has 6 aliphatic rings. The first kappa shape index (κ1) is 17.8. The predicted molar refractivity (Wildman–Crippen MR) is 93.4 cm³/mol. The Bertz CT molecular complexity index is 658. The van der Waals surface area contributed by atoms with Crippen LogP contribution in [0.1, 0.15) is 46.5 Å². The summed E-state index contributed by atoms with van der Waals surface area (Å²) in [5.74, 6) is 0.107. The van der Waals surface area contributed by atoms with Gasteiger partial charge in [-0.1, -0.05) is 13.8 Å². The van der Waals surface area contributed by atoms with Gasteiger partial charge in [-0.15, -0.1) is 0 Å². The van der Waals surface area contributed by atoms with Gasteiger partial charge in [0.2, 0.25) is 12.1 Å². The first-order valence-corrected chi connectivity index (χ1v) is 10.1. The molecule has 0 aromatic rings. The third-order valence-corrected chi connectivity index (χ3v) is 7.24. The minimum Gasteiger partial charge on any atom is -0.419 e. The Morgan fingerprint density at radius 2 is 2.07 bits per heavy atom. The smallest absolute Gasteiger partial charge is 0.417 e. The molecule has 1 aliphatic carbocycles. The summed E-state index contributed by atoms with van der Waals surface area (Å²) in [4.78, 5) is 29.9. The number of rotatable bonds is 1. The highest BCUT2D eigenvalue weighted by Gasteiger charge is 2.69. The molecule has 1 spiro atoms. The molecule has 0 unspecified atom stereocenters. The Hall–Kier alpha value is -1.22. The summed E-state index contributed by atoms with van der Waals surface area (Å²) >= 11 is 0. The number of aliphatic imine (C=N–C) groups is 1. The van der Waals surface area contributed by atoms with Crippen LogP contribution < -0.4 is 0 Å². The Labute approximate surface area is 159 Å². The molecule has 8 heteroatoms. The highest BCUT2D eigenvalue weighted by molar-refractivity contribution is 5.83. The van der Waals surface area contributed by atoms with Gasteiger partial charge in [-0.3, -0.25) is 9.89 Å². The number of amides is 1. The average Bonchev–Trinajstić information content (AvgIpc) is 3.09. The van der Waals surface area contributed by atoms with Gasteiger partial charge in [0.15, 0.2) is 11.9 Å². The van der Waals surface area contributed by atoms with Gasteiger partial charge in [0.1, 0.15) is 0 Å². The summed E-state index contributed by atoms with van der Waals surface area (Å²) in [6.45, 7) is 7.39. The molecule has 0 N–H and O–H groups in total. The van der Waals surface area contributed by atoms with Crippen LogP contribution in [-0.4, -0.2) is 54.4 Å². The maximum atomic E-state index is 12.5. The minimum absolute atomic E-state index is 0.0191. The zero-order chi connectivity index (χ0) is 18.8. The Kier molecular flexibility index (Phi) is 4.06. The topological polar surface area (TPSA) is 78.8 Å². The van der Waals surface area contributed by atoms with Crippen molar-refractivity contribution in [2.45, 2.75) is 70.4 Å². The Balaban J connectivity index is 1.44. The first-order valence-electron chi connectivity index (χ1n) is 10.1. The number of fused-ring (bicyclic) bond motifs is 2. The summed E-state index contributed by atoms with van der Waals surface area (Å²) < 4.78 is 18.2. The average molecular weight is 380 g/mol. The molecule has 0 radical (unpaired) electrons. The number of carbonyl (C=O) groups is 1. The SMILES string of the molecule is C[C@H]1[C@@H](OC(=O)N2C=NCC2)O[C@@H]2O[C@@]3(C)CC[C@H]4[C@H](C)CC[C@@H]1[C@@]24OO3. The fourth-order valence-corrected chi connectivity index (χ4v) is 5.69. The van der Waals surface area contributed by atoms with Crippen molar-refractivity contribution in [2.75, 3.05) is 13.1 Å². The van der Waals surface area contributed by atoms with Gasteiger partial charge in [0.25, 0.3) is 0 Å². The standard InChI is InChI=1S/C19H28N2O6/c1-11-4-5-14-12(2)15(24-17(22)21-9-8-20-10-21)23-16-19(14)13(11)6-7-18(3,25-16)26-27-19/h10-16H,4-9H2,1-3H3/t11-,12-,13+,14+,15-,16-,18-,19-/m1/s1. The lowest BCUT2D eigenvalue weighted by molar-refractivity contribution is -0.576. The molecule has 1 amide bonds. The molecular formula is C19H28N2O6. The normalized spacial score (nSPS) is 51.0. The molecule has 27 heavy (non-hydrogen) atoms. The van der Waals surface area contributed by atoms with Crippen LogP contribution in [0, 0.1) is 23.7 Å². The third kappa shape index (κ3) is 2.57. The third-order valence-electron chi connectivity index (χ3n) is 7.24. The van der Waals surface area contributed by atoms with Crippen LogP contribution in [0.15, 0.2) is 4.99 Å². The van der Waals surface area contributed by atoms with Crippen molar-refractivity contribution in [3.63, 3.8) is 0 Å². The van der Waals surface area contributed by atoms with Crippen molar-refractivity contribution in [3.05, 3.63) is 0 Å². The summed E-state index contributed by atoms with van der Waals surface area (Å²) in [5.41, 5.74) is -0.634. The number of ether oxygens (including phenoxy) is 3. The largest absolute Gasteiger partial charge is 0.419 e. The molecule has 150 valence electrons. The van der Waals surface area contributed by atoms with Crippen LogP contribution in [0.3, 0.4) is 0 Å². The van der Waals surface area contributed by atoms with E-state index >= 15 is 0 Å². The number of carbonyl (C=O) groups excluding carboxylic acids is 1. The molecule has 6 rings (SSSR count). The number of hydrogen-bond acceptors (Lipinski definition) is 7. The zero-order valence-electron chi connectivity index (χ0n) is 16.1. The first-order chi connectivity index (χ1) is 12.9. The second-order valence-corrected chi connectivity index (χ2v) is 8.87. The van der Waals surface area contributed by atoms with Crippen molar-refractivity contribution >= 4 is 12.4 Å². The molecule has 4 saturated heterocycles. The van der Waals surface area contributed by atoms with Crippen molar-refractivity contribution in [2.24, 2.45) is 28.7 Å². The fraction of sp³-hybridized carbons (Fsp3) is 0.895. The fourth-order valence-electron chi connectivity index (χ4n) is 5.69. The second kappa shape index (κ2) is 6.14. The summed E-state index contributed by atoms with van der Waals surface area (Å²) in [6.07, 6.45) is 3.67. The molecular weight excluding hydrogens is 352 g/mol. The lowest BCUT2D eigenvalue weighted by Crippen LogP contribution is -2.70. The van der Waals surface area contributed by atoms with E-state index in [1.807, 2.05) is 6.92 Å². The van der Waals surface area contributed by atoms with Crippen LogP contribution in [0.4, 0.5) is 4.79 Å². The second-order valence-electron chi connectivity index (χ2n) is 8.87. The summed E-state index contributed by atoms with van der Waals surface area (Å²) in [6, 6.07) is 0. The Morgan fingerprint density at radius 3 is 2.85 bits per heavy atom. The van der Waals surface area contributed by atoms with Crippen LogP contribution >= 0.6 is 0 Å². The van der Waals surface area contributed by atoms with Gasteiger partial charge in [-0.2, -0.15) is 0 Å². The van der Waals surface area contributed by atoms with E-state index in [1.165, 1.54) is 11.2 Å². The van der Waals surface area contributed by atoms with Crippen molar-refractivity contribution in [3.8, 4) is 0 Å². The van der Waals surface area contributed by atoms with Gasteiger partial charge >= 0.3 is 6.09 Å². The highest BCUT2D eigenvalue weighted by atomic mass is 17.3. The quantitative estimate of drug-likeness (QED) is 0.651. The van der Waals surface area contributed by atoms with Gasteiger partial charge < -0.3 is 14.2 Å². The van der Waals surface area contributed by atoms with Crippen molar-refractivity contribution < 1.29 is 28.8 Å². The predicted octanol–water partition coefficient (Wildman–Crippen LogP) is 2.67. The van der Waals surface area contributed by atoms with Gasteiger partial charge in [0.05, 0.1) is 12.9 Å². The van der Waals surface area contributed by atoms with E-state index in [0.29, 0.717) is 24.9 Å². The maximum Gasteiger partial charge on any atom is 0.417 e. The lowest BCUT2D eigenvalue weighted by Gasteiger charge is -2.59. The number of nitrogens with zero attached hydrogens (tertiary/aromatic N) is 2. The minimum atomic E-state index is -0.825. The van der Waals surface area contributed by atoms with Gasteiger partial charge in [0, 0.05) is 24.8 Å². The van der Waals surface area contributed by atoms with Crippen LogP contribution in [0.2, 0.25) is 0 Å². The van der Waals surface area contributed by atoms with Crippen LogP contribution in [0.5, 0.6) is 0 Å². The highest BCUT2D eigenvalue weighted by Crippen LogP contribution is 2.60.